The molecule has 1 aromatic rings. The van der Waals surface area contributed by atoms with E-state index < -0.39 is 51.5 Å². The molecule has 1 aromatic heterocycles. The van der Waals surface area contributed by atoms with E-state index >= 15 is 0 Å². The highest BCUT2D eigenvalue weighted by atomic mass is 31.1. The zero-order valence-corrected chi connectivity index (χ0v) is 10.7. The molecule has 1 aliphatic heterocycles. The Bertz CT molecular complexity index is 590. The molecule has 0 aliphatic carbocycles. The van der Waals surface area contributed by atoms with Gasteiger partial charge in [0.1, 0.15) is 6.10 Å². The summed E-state index contributed by atoms with van der Waals surface area (Å²) in [7, 11) is -0.642. The molecule has 110 valence electrons. The fourth-order valence-corrected chi connectivity index (χ4v) is 1.82. The smallest absolute Gasteiger partial charge is 0.330 e. The first kappa shape index (κ1) is 14.9. The van der Waals surface area contributed by atoms with Crippen LogP contribution in [0.15, 0.2) is 21.9 Å². The van der Waals surface area contributed by atoms with E-state index in [4.69, 9.17) is 9.47 Å². The van der Waals surface area contributed by atoms with Crippen molar-refractivity contribution in [3.63, 3.8) is 0 Å². The molecule has 1 saturated heterocycles. The van der Waals surface area contributed by atoms with Crippen molar-refractivity contribution in [2.24, 2.45) is 0 Å². The maximum Gasteiger partial charge on any atom is 0.330 e. The number of hydrogen-bond acceptors (Lipinski definition) is 7. The SMILES string of the molecule is O=POCO[C@H]1O[C@@H](n2ccc(=O)[nH]c2=O)C(F)[C@H]1O. The lowest BCUT2D eigenvalue weighted by Gasteiger charge is -2.15. The summed E-state index contributed by atoms with van der Waals surface area (Å²) in [5, 5.41) is 9.59. The summed E-state index contributed by atoms with van der Waals surface area (Å²) in [5.74, 6) is 0. The van der Waals surface area contributed by atoms with Gasteiger partial charge in [-0.25, -0.2) is 13.8 Å². The van der Waals surface area contributed by atoms with Crippen LogP contribution in [0.3, 0.4) is 0 Å². The first-order chi connectivity index (χ1) is 9.54. The van der Waals surface area contributed by atoms with Crippen molar-refractivity contribution in [3.05, 3.63) is 33.1 Å². The van der Waals surface area contributed by atoms with Crippen LogP contribution in [0.2, 0.25) is 0 Å². The van der Waals surface area contributed by atoms with Crippen molar-refractivity contribution in [1.29, 1.82) is 0 Å². The third-order valence-corrected chi connectivity index (χ3v) is 2.82. The Labute approximate surface area is 112 Å². The Hall–Kier alpha value is -1.45. The molecule has 0 aromatic carbocycles. The van der Waals surface area contributed by atoms with Gasteiger partial charge >= 0.3 is 14.4 Å². The van der Waals surface area contributed by atoms with Crippen LogP contribution in [0.5, 0.6) is 0 Å². The van der Waals surface area contributed by atoms with Crippen LogP contribution in [-0.2, 0) is 18.6 Å². The lowest BCUT2D eigenvalue weighted by Crippen LogP contribution is -2.35. The van der Waals surface area contributed by atoms with Crippen LogP contribution in [0.1, 0.15) is 6.23 Å². The standard InChI is InChI=1S/C9H10FN2O7P/c10-5-6(14)8(17-3-18-20-16)19-7(5)12-2-1-4(13)11-9(12)15/h1-2,5-8,14H,3H2,(H,11,13,15)/t5?,6-,7-,8+/m1/s1. The molecule has 20 heavy (non-hydrogen) atoms. The number of hydrogen-bond donors (Lipinski definition) is 2. The minimum Gasteiger partial charge on any atom is -0.385 e. The normalized spacial score (nSPS) is 29.9. The summed E-state index contributed by atoms with van der Waals surface area (Å²) in [6, 6.07) is 1.01. The highest BCUT2D eigenvalue weighted by Crippen LogP contribution is 2.31. The van der Waals surface area contributed by atoms with Crippen molar-refractivity contribution in [2.75, 3.05) is 6.79 Å². The highest BCUT2D eigenvalue weighted by molar-refractivity contribution is 7.17. The van der Waals surface area contributed by atoms with E-state index in [-0.39, 0.29) is 0 Å². The van der Waals surface area contributed by atoms with E-state index in [0.717, 1.165) is 16.8 Å². The van der Waals surface area contributed by atoms with Gasteiger partial charge < -0.3 is 14.6 Å². The van der Waals surface area contributed by atoms with Crippen LogP contribution < -0.4 is 11.2 Å². The Morgan fingerprint density at radius 2 is 2.30 bits per heavy atom. The number of H-pyrrole nitrogens is 1. The molecule has 11 heteroatoms. The minimum absolute atomic E-state index is 0.493. The van der Waals surface area contributed by atoms with Crippen LogP contribution >= 0.6 is 8.69 Å². The van der Waals surface area contributed by atoms with E-state index in [1.54, 1.807) is 0 Å². The molecule has 1 aliphatic rings. The molecule has 2 rings (SSSR count). The van der Waals surface area contributed by atoms with E-state index in [2.05, 4.69) is 4.52 Å². The maximum absolute atomic E-state index is 13.9. The molecule has 4 atom stereocenters. The van der Waals surface area contributed by atoms with Gasteiger partial charge in [0.05, 0.1) is 0 Å². The summed E-state index contributed by atoms with van der Waals surface area (Å²) in [6.45, 7) is -0.493. The van der Waals surface area contributed by atoms with Gasteiger partial charge in [-0.05, 0) is 0 Å². The Morgan fingerprint density at radius 1 is 1.55 bits per heavy atom. The molecule has 0 bridgehead atoms. The Balaban J connectivity index is 2.15. The van der Waals surface area contributed by atoms with Gasteiger partial charge in [0.2, 0.25) is 0 Å². The second-order valence-electron chi connectivity index (χ2n) is 3.84. The van der Waals surface area contributed by atoms with E-state index in [9.17, 15) is 23.7 Å². The first-order valence-corrected chi connectivity index (χ1v) is 6.13. The maximum atomic E-state index is 13.9. The van der Waals surface area contributed by atoms with Gasteiger partial charge in [-0.1, -0.05) is 0 Å². The summed E-state index contributed by atoms with van der Waals surface area (Å²) in [6.07, 6.45) is -5.42. The summed E-state index contributed by atoms with van der Waals surface area (Å²) >= 11 is 0. The average molecular weight is 308 g/mol. The van der Waals surface area contributed by atoms with E-state index in [1.165, 1.54) is 0 Å². The molecule has 0 saturated carbocycles. The van der Waals surface area contributed by atoms with Gasteiger partial charge in [-0.3, -0.25) is 18.9 Å². The van der Waals surface area contributed by atoms with Gasteiger partial charge in [0.25, 0.3) is 5.56 Å². The van der Waals surface area contributed by atoms with Crippen molar-refractivity contribution in [3.8, 4) is 0 Å². The first-order valence-electron chi connectivity index (χ1n) is 5.40. The lowest BCUT2D eigenvalue weighted by atomic mass is 10.2. The fourth-order valence-electron chi connectivity index (χ4n) is 1.72. The van der Waals surface area contributed by atoms with Crippen LogP contribution in [0.4, 0.5) is 4.39 Å². The van der Waals surface area contributed by atoms with Gasteiger partial charge in [0.15, 0.2) is 25.5 Å². The molecule has 2 N–H and O–H groups in total. The minimum atomic E-state index is -1.95. The number of nitrogens with zero attached hydrogens (tertiary/aromatic N) is 1. The number of aromatic amines is 1. The molecular formula is C9H10FN2O7P. The van der Waals surface area contributed by atoms with Crippen molar-refractivity contribution in [1.82, 2.24) is 9.55 Å². The van der Waals surface area contributed by atoms with Gasteiger partial charge in [-0.2, -0.15) is 0 Å². The number of rotatable bonds is 5. The van der Waals surface area contributed by atoms with Crippen LogP contribution in [0.25, 0.3) is 0 Å². The molecule has 9 nitrogen and oxygen atoms in total. The van der Waals surface area contributed by atoms with Crippen molar-refractivity contribution in [2.45, 2.75) is 24.8 Å². The molecule has 0 spiro atoms. The summed E-state index contributed by atoms with van der Waals surface area (Å²) in [4.78, 5) is 24.4. The molecule has 1 unspecified atom stereocenters. The van der Waals surface area contributed by atoms with Crippen LogP contribution in [-0.4, -0.2) is 40.0 Å². The Kier molecular flexibility index (Phi) is 4.73. The number of halogens is 1. The van der Waals surface area contributed by atoms with Gasteiger partial charge in [-0.15, -0.1) is 0 Å². The molecule has 2 heterocycles. The number of aliphatic hydroxyl groups is 1. The second kappa shape index (κ2) is 6.33. The molecule has 0 amide bonds. The number of nitrogens with one attached hydrogen (secondary N) is 1. The average Bonchev–Trinajstić information content (AvgIpc) is 2.68. The monoisotopic (exact) mass is 308 g/mol. The number of aliphatic hydroxyl groups excluding tert-OH is 1. The lowest BCUT2D eigenvalue weighted by molar-refractivity contribution is -0.201. The van der Waals surface area contributed by atoms with Crippen molar-refractivity contribution >= 4 is 8.69 Å². The second-order valence-corrected chi connectivity index (χ2v) is 4.24. The molecule has 0 radical (unpaired) electrons. The van der Waals surface area contributed by atoms with Crippen LogP contribution in [0, 0.1) is 0 Å². The largest absolute Gasteiger partial charge is 0.385 e. The molecule has 1 fully saturated rings. The predicted octanol–water partition coefficient (Wildman–Crippen LogP) is -0.712. The predicted molar refractivity (Wildman–Crippen MR) is 60.8 cm³/mol. The summed E-state index contributed by atoms with van der Waals surface area (Å²) < 4.78 is 38.9. The zero-order chi connectivity index (χ0) is 14.7. The zero-order valence-electron chi connectivity index (χ0n) is 9.84. The van der Waals surface area contributed by atoms with E-state index in [1.807, 2.05) is 4.98 Å². The number of aromatic nitrogens is 2. The number of ether oxygens (including phenoxy) is 2. The third kappa shape index (κ3) is 3.00. The summed E-state index contributed by atoms with van der Waals surface area (Å²) in [5.41, 5.74) is -1.52. The molecular weight excluding hydrogens is 298 g/mol. The Morgan fingerprint density at radius 3 is 2.95 bits per heavy atom. The third-order valence-electron chi connectivity index (χ3n) is 2.61. The fraction of sp³-hybridized carbons (Fsp3) is 0.556. The highest BCUT2D eigenvalue weighted by Gasteiger charge is 2.46. The van der Waals surface area contributed by atoms with Gasteiger partial charge in [0, 0.05) is 12.3 Å². The van der Waals surface area contributed by atoms with E-state index in [0.29, 0.717) is 0 Å². The number of alkyl halides is 1. The quantitative estimate of drug-likeness (QED) is 0.419. The van der Waals surface area contributed by atoms with Crippen molar-refractivity contribution < 1.29 is 28.1 Å². The topological polar surface area (TPSA) is 120 Å².